The average molecular weight is 974 g/mol. The van der Waals surface area contributed by atoms with Crippen molar-refractivity contribution in [3.05, 3.63) is 215 Å². The summed E-state index contributed by atoms with van der Waals surface area (Å²) in [6, 6.07) is 58.0. The number of aromatic nitrogens is 2. The van der Waals surface area contributed by atoms with Crippen molar-refractivity contribution in [1.82, 2.24) is 9.13 Å². The smallest absolute Gasteiger partial charge is 0.309 e. The summed E-state index contributed by atoms with van der Waals surface area (Å²) in [5.74, 6) is 0. The topological polar surface area (TPSA) is 129 Å². The molecule has 0 amide bonds. The predicted octanol–water partition coefficient (Wildman–Crippen LogP) is 15.9. The number of fused-ring (bicyclic) bond motifs is 6. The molecule has 0 N–H and O–H groups in total. The largest absolute Gasteiger partial charge is 0.417 e. The normalized spacial score (nSPS) is 11.6. The van der Waals surface area contributed by atoms with Crippen LogP contribution < -0.4 is 0 Å². The van der Waals surface area contributed by atoms with Gasteiger partial charge in [0.05, 0.1) is 103 Å². The van der Waals surface area contributed by atoms with E-state index in [9.17, 15) is 39.5 Å². The summed E-state index contributed by atoms with van der Waals surface area (Å²) in [7, 11) is 0. The molecule has 13 heteroatoms. The van der Waals surface area contributed by atoms with Crippen LogP contribution in [-0.2, 0) is 12.4 Å². The SMILES string of the molecule is N#Cc1ccc(-c2ccc3c(c2)c2ccccc2n3-c2ccc(C#N)cc2-c2cc(-c3ccc(C(F)(F)F)cc3C(F)(F)F)ccc2-n2c3ccccc3c3cc(-c4ccc(C#N)cc4C#N)ccc32)c(C#N)c1. The Morgan fingerprint density at radius 2 is 0.743 bits per heavy atom. The van der Waals surface area contributed by atoms with Crippen LogP contribution in [0.2, 0.25) is 0 Å². The predicted molar refractivity (Wildman–Crippen MR) is 270 cm³/mol. The van der Waals surface area contributed by atoms with Crippen LogP contribution in [-0.4, -0.2) is 9.13 Å². The summed E-state index contributed by atoms with van der Waals surface area (Å²) in [5.41, 5.74) is 4.97. The Balaban J connectivity index is 1.22. The highest BCUT2D eigenvalue weighted by Crippen LogP contribution is 2.47. The molecular formula is C61H29F6N7. The lowest BCUT2D eigenvalue weighted by molar-refractivity contribution is -0.142. The fourth-order valence-electron chi connectivity index (χ4n) is 10.1. The van der Waals surface area contributed by atoms with E-state index < -0.39 is 29.0 Å². The third kappa shape index (κ3) is 7.60. The molecule has 0 spiro atoms. The van der Waals surface area contributed by atoms with Gasteiger partial charge in [0.2, 0.25) is 0 Å². The van der Waals surface area contributed by atoms with Crippen molar-refractivity contribution in [1.29, 1.82) is 26.3 Å². The Kier molecular flexibility index (Phi) is 10.9. The van der Waals surface area contributed by atoms with Gasteiger partial charge in [-0.2, -0.15) is 52.7 Å². The van der Waals surface area contributed by atoms with Gasteiger partial charge in [0.25, 0.3) is 0 Å². The molecule has 0 saturated carbocycles. The van der Waals surface area contributed by atoms with E-state index in [1.807, 2.05) is 94.1 Å². The molecule has 11 rings (SSSR count). The van der Waals surface area contributed by atoms with Gasteiger partial charge in [0.1, 0.15) is 0 Å². The van der Waals surface area contributed by atoms with Crippen LogP contribution in [0, 0.1) is 56.7 Å². The van der Waals surface area contributed by atoms with E-state index in [1.165, 1.54) is 24.3 Å². The molecule has 350 valence electrons. The second kappa shape index (κ2) is 17.5. The first-order chi connectivity index (χ1) is 35.7. The molecule has 9 aromatic carbocycles. The summed E-state index contributed by atoms with van der Waals surface area (Å²) < 4.78 is 91.0. The maximum atomic E-state index is 15.0. The zero-order valence-corrected chi connectivity index (χ0v) is 38.1. The molecule has 7 nitrogen and oxygen atoms in total. The molecule has 2 aromatic heterocycles. The molecule has 0 bridgehead atoms. The summed E-state index contributed by atoms with van der Waals surface area (Å²) in [6.07, 6.45) is -10.3. The van der Waals surface area contributed by atoms with Gasteiger partial charge in [0.15, 0.2) is 0 Å². The van der Waals surface area contributed by atoms with Gasteiger partial charge in [-0.05, 0) is 137 Å². The number of nitriles is 5. The molecule has 74 heavy (non-hydrogen) atoms. The van der Waals surface area contributed by atoms with Gasteiger partial charge in [-0.25, -0.2) is 0 Å². The van der Waals surface area contributed by atoms with Crippen molar-refractivity contribution in [2.75, 3.05) is 0 Å². The molecule has 0 fully saturated rings. The molecule has 0 unspecified atom stereocenters. The number of para-hydroxylation sites is 2. The monoisotopic (exact) mass is 973 g/mol. The second-order valence-electron chi connectivity index (χ2n) is 17.5. The number of nitrogens with zero attached hydrogens (tertiary/aromatic N) is 7. The van der Waals surface area contributed by atoms with Gasteiger partial charge < -0.3 is 9.13 Å². The van der Waals surface area contributed by atoms with Crippen molar-refractivity contribution in [2.45, 2.75) is 12.4 Å². The molecule has 0 aliphatic carbocycles. The summed E-state index contributed by atoms with van der Waals surface area (Å²) in [4.78, 5) is 0. The lowest BCUT2D eigenvalue weighted by Crippen LogP contribution is -2.12. The van der Waals surface area contributed by atoms with E-state index in [0.29, 0.717) is 89.6 Å². The van der Waals surface area contributed by atoms with Crippen molar-refractivity contribution in [3.8, 4) is 86.2 Å². The number of rotatable bonds is 6. The average Bonchev–Trinajstić information content (AvgIpc) is 3.94. The first-order valence-electron chi connectivity index (χ1n) is 22.7. The Morgan fingerprint density at radius 1 is 0.324 bits per heavy atom. The van der Waals surface area contributed by atoms with Gasteiger partial charge in [-0.3, -0.25) is 0 Å². The van der Waals surface area contributed by atoms with Gasteiger partial charge in [-0.1, -0.05) is 72.8 Å². The van der Waals surface area contributed by atoms with E-state index in [0.717, 1.165) is 33.1 Å². The highest BCUT2D eigenvalue weighted by atomic mass is 19.4. The summed E-state index contributed by atoms with van der Waals surface area (Å²) in [5, 5.41) is 52.9. The molecule has 0 aliphatic rings. The Hall–Kier alpha value is -10.4. The van der Waals surface area contributed by atoms with Gasteiger partial charge >= 0.3 is 12.4 Å². The molecule has 0 radical (unpaired) electrons. The number of hydrogen-bond donors (Lipinski definition) is 0. The van der Waals surface area contributed by atoms with Crippen molar-refractivity contribution in [3.63, 3.8) is 0 Å². The third-order valence-electron chi connectivity index (χ3n) is 13.4. The maximum Gasteiger partial charge on any atom is 0.417 e. The molecule has 0 saturated heterocycles. The van der Waals surface area contributed by atoms with E-state index in [4.69, 9.17) is 0 Å². The zero-order chi connectivity index (χ0) is 51.6. The Morgan fingerprint density at radius 3 is 1.23 bits per heavy atom. The van der Waals surface area contributed by atoms with Crippen LogP contribution in [0.15, 0.2) is 176 Å². The van der Waals surface area contributed by atoms with Crippen molar-refractivity contribution in [2.24, 2.45) is 0 Å². The van der Waals surface area contributed by atoms with Crippen LogP contribution in [0.25, 0.3) is 99.5 Å². The zero-order valence-electron chi connectivity index (χ0n) is 38.1. The Bertz CT molecular complexity index is 4420. The van der Waals surface area contributed by atoms with Gasteiger partial charge in [0, 0.05) is 32.7 Å². The second-order valence-corrected chi connectivity index (χ2v) is 17.5. The number of hydrogen-bond acceptors (Lipinski definition) is 5. The molecule has 2 heterocycles. The van der Waals surface area contributed by atoms with Crippen LogP contribution >= 0.6 is 0 Å². The minimum atomic E-state index is -5.19. The minimum Gasteiger partial charge on any atom is -0.309 e. The van der Waals surface area contributed by atoms with Crippen LogP contribution in [0.5, 0.6) is 0 Å². The highest BCUT2D eigenvalue weighted by Gasteiger charge is 2.38. The van der Waals surface area contributed by atoms with Crippen molar-refractivity contribution >= 4 is 43.6 Å². The summed E-state index contributed by atoms with van der Waals surface area (Å²) in [6.45, 7) is 0. The van der Waals surface area contributed by atoms with Crippen LogP contribution in [0.1, 0.15) is 38.9 Å². The first-order valence-corrected chi connectivity index (χ1v) is 22.7. The van der Waals surface area contributed by atoms with Crippen LogP contribution in [0.3, 0.4) is 0 Å². The summed E-state index contributed by atoms with van der Waals surface area (Å²) >= 11 is 0. The van der Waals surface area contributed by atoms with E-state index in [1.54, 1.807) is 48.5 Å². The van der Waals surface area contributed by atoms with E-state index in [2.05, 4.69) is 30.3 Å². The quantitative estimate of drug-likeness (QED) is 0.153. The Labute approximate surface area is 417 Å². The number of alkyl halides is 6. The minimum absolute atomic E-state index is 0.0476. The lowest BCUT2D eigenvalue weighted by atomic mass is 9.91. The van der Waals surface area contributed by atoms with E-state index >= 15 is 13.2 Å². The maximum absolute atomic E-state index is 15.0. The molecule has 0 aliphatic heterocycles. The third-order valence-corrected chi connectivity index (χ3v) is 13.4. The number of halogens is 6. The van der Waals surface area contributed by atoms with E-state index in [-0.39, 0.29) is 17.2 Å². The fourth-order valence-corrected chi connectivity index (χ4v) is 10.1. The fraction of sp³-hybridized carbons (Fsp3) is 0.0328. The lowest BCUT2D eigenvalue weighted by Gasteiger charge is -2.21. The number of benzene rings is 9. The molecular weight excluding hydrogens is 945 g/mol. The molecule has 0 atom stereocenters. The van der Waals surface area contributed by atoms with Crippen LogP contribution in [0.4, 0.5) is 26.3 Å². The first kappa shape index (κ1) is 46.0. The van der Waals surface area contributed by atoms with Gasteiger partial charge in [-0.15, -0.1) is 0 Å². The standard InChI is InChI=1S/C61H29F6N7/c62-60(63,64)43-15-18-46(53(29-43)61(65,66)67)40-14-22-59(74-55-8-4-2-6-48(55)51-27-39(13-21-58(51)74)45-17-10-36(31-69)24-42(45)34-72)52(28-40)49-25-37(32-70)11-19-56(49)73-54-7-3-1-5-47(54)50-26-38(12-20-57(50)73)44-16-9-35(30-68)23-41(44)33-71/h1-29H. The highest BCUT2D eigenvalue weighted by molar-refractivity contribution is 6.13. The molecule has 11 aromatic rings. The van der Waals surface area contributed by atoms with Crippen molar-refractivity contribution < 1.29 is 26.3 Å².